The fraction of sp³-hybridized carbons (Fsp3) is 0.364. The molecule has 210 valence electrons. The highest BCUT2D eigenvalue weighted by Crippen LogP contribution is 2.56. The van der Waals surface area contributed by atoms with Crippen molar-refractivity contribution in [1.82, 2.24) is 9.88 Å². The monoisotopic (exact) mass is 574 g/mol. The largest absolute Gasteiger partial charge is 0.506 e. The summed E-state index contributed by atoms with van der Waals surface area (Å²) in [6, 6.07) is 22.2. The minimum Gasteiger partial charge on any atom is -0.506 e. The van der Waals surface area contributed by atoms with Gasteiger partial charge in [-0.3, -0.25) is 0 Å². The van der Waals surface area contributed by atoms with Crippen LogP contribution < -0.4 is 10.2 Å². The van der Waals surface area contributed by atoms with Gasteiger partial charge >= 0.3 is 0 Å². The zero-order valence-corrected chi connectivity index (χ0v) is 24.3. The van der Waals surface area contributed by atoms with Crippen LogP contribution in [0.1, 0.15) is 46.6 Å². The van der Waals surface area contributed by atoms with Crippen molar-refractivity contribution in [3.05, 3.63) is 83.5 Å². The second kappa shape index (κ2) is 11.1. The molecule has 0 amide bonds. The van der Waals surface area contributed by atoms with E-state index >= 15 is 0 Å². The summed E-state index contributed by atoms with van der Waals surface area (Å²) in [5, 5.41) is 16.3. The van der Waals surface area contributed by atoms with Gasteiger partial charge in [0.05, 0.1) is 21.9 Å². The van der Waals surface area contributed by atoms with Gasteiger partial charge < -0.3 is 20.2 Å². The Labute approximate surface area is 247 Å². The number of aromatic hydroxyl groups is 1. The quantitative estimate of drug-likeness (QED) is 0.249. The van der Waals surface area contributed by atoms with Gasteiger partial charge in [-0.2, -0.15) is 0 Å². The second-order valence-corrected chi connectivity index (χ2v) is 13.5. The minimum absolute atomic E-state index is 0. The lowest BCUT2D eigenvalue weighted by Crippen LogP contribution is -2.46. The van der Waals surface area contributed by atoms with Crippen LogP contribution in [0.15, 0.2) is 72.9 Å². The minimum atomic E-state index is -0.103. The Hall–Kier alpha value is -3.06. The number of rotatable bonds is 5. The third-order valence-corrected chi connectivity index (χ3v) is 9.16. The van der Waals surface area contributed by atoms with Gasteiger partial charge in [0.25, 0.3) is 0 Å². The van der Waals surface area contributed by atoms with Gasteiger partial charge in [0.15, 0.2) is 5.13 Å². The lowest BCUT2D eigenvalue weighted by Gasteiger charge is -2.42. The van der Waals surface area contributed by atoms with Crippen LogP contribution >= 0.6 is 22.9 Å². The molecule has 7 heteroatoms. The van der Waals surface area contributed by atoms with Crippen molar-refractivity contribution in [1.29, 1.82) is 0 Å². The SMILES string of the molecule is C.CC(C)(C)CN1CCC2(CC1)CN(c1ccccc1Nc1ncc(-c3ccccc3)s1)c1c(O)ccc(Cl)c12. The van der Waals surface area contributed by atoms with Crippen LogP contribution in [0.3, 0.4) is 0 Å². The van der Waals surface area contributed by atoms with E-state index in [2.05, 4.69) is 71.2 Å². The zero-order chi connectivity index (χ0) is 27.2. The molecule has 3 heterocycles. The molecule has 0 aliphatic carbocycles. The van der Waals surface area contributed by atoms with Gasteiger partial charge in [0.1, 0.15) is 5.75 Å². The summed E-state index contributed by atoms with van der Waals surface area (Å²) < 4.78 is 0. The summed E-state index contributed by atoms with van der Waals surface area (Å²) in [7, 11) is 0. The number of phenolic OH excluding ortho intramolecular Hbond substituents is 1. The first-order valence-corrected chi connectivity index (χ1v) is 14.8. The highest BCUT2D eigenvalue weighted by molar-refractivity contribution is 7.19. The van der Waals surface area contributed by atoms with E-state index in [0.717, 1.165) is 82.2 Å². The van der Waals surface area contributed by atoms with Crippen molar-refractivity contribution in [2.24, 2.45) is 5.41 Å². The predicted octanol–water partition coefficient (Wildman–Crippen LogP) is 9.08. The Morgan fingerprint density at radius 3 is 2.42 bits per heavy atom. The van der Waals surface area contributed by atoms with E-state index in [0.29, 0.717) is 0 Å². The number of anilines is 4. The molecule has 3 aromatic carbocycles. The molecule has 0 radical (unpaired) electrons. The van der Waals surface area contributed by atoms with E-state index in [9.17, 15) is 5.11 Å². The van der Waals surface area contributed by atoms with Crippen LogP contribution in [0.2, 0.25) is 5.02 Å². The van der Waals surface area contributed by atoms with Gasteiger partial charge in [-0.15, -0.1) is 0 Å². The summed E-state index contributed by atoms with van der Waals surface area (Å²) in [4.78, 5) is 10.6. The number of benzene rings is 3. The first-order chi connectivity index (χ1) is 18.7. The van der Waals surface area contributed by atoms with Gasteiger partial charge in [-0.05, 0) is 61.2 Å². The summed E-state index contributed by atoms with van der Waals surface area (Å²) in [6.45, 7) is 10.8. The Balaban J connectivity index is 0.00000323. The molecule has 4 aromatic rings. The molecule has 0 saturated carbocycles. The Morgan fingerprint density at radius 2 is 1.70 bits per heavy atom. The third kappa shape index (κ3) is 5.45. The molecule has 6 rings (SSSR count). The van der Waals surface area contributed by atoms with Gasteiger partial charge in [0, 0.05) is 35.3 Å². The summed E-state index contributed by atoms with van der Waals surface area (Å²) in [5.41, 5.74) is 5.22. The third-order valence-electron chi connectivity index (χ3n) is 7.88. The molecule has 2 N–H and O–H groups in total. The molecule has 5 nitrogen and oxygen atoms in total. The average molecular weight is 575 g/mol. The molecule has 1 aromatic heterocycles. The van der Waals surface area contributed by atoms with Gasteiger partial charge in [-0.1, -0.05) is 93.6 Å². The van der Waals surface area contributed by atoms with Crippen LogP contribution in [0.4, 0.5) is 22.2 Å². The molecular formula is C33H39ClN4OS. The number of halogens is 1. The number of aromatic nitrogens is 1. The van der Waals surface area contributed by atoms with Crippen molar-refractivity contribution in [2.75, 3.05) is 36.4 Å². The van der Waals surface area contributed by atoms with E-state index in [1.165, 1.54) is 0 Å². The van der Waals surface area contributed by atoms with Crippen molar-refractivity contribution < 1.29 is 5.11 Å². The zero-order valence-electron chi connectivity index (χ0n) is 22.7. The van der Waals surface area contributed by atoms with Crippen LogP contribution in [0.5, 0.6) is 5.75 Å². The number of likely N-dealkylation sites (tertiary alicyclic amines) is 1. The van der Waals surface area contributed by atoms with Crippen LogP contribution in [-0.2, 0) is 5.41 Å². The number of nitrogens with one attached hydrogen (secondary N) is 1. The molecule has 1 saturated heterocycles. The van der Waals surface area contributed by atoms with Gasteiger partial charge in [-0.25, -0.2) is 4.98 Å². The number of piperidine rings is 1. The van der Waals surface area contributed by atoms with E-state index in [-0.39, 0.29) is 24.0 Å². The Morgan fingerprint density at radius 1 is 1.00 bits per heavy atom. The maximum absolute atomic E-state index is 11.2. The first-order valence-electron chi connectivity index (χ1n) is 13.6. The molecule has 0 atom stereocenters. The highest BCUT2D eigenvalue weighted by atomic mass is 35.5. The number of fused-ring (bicyclic) bond motifs is 2. The van der Waals surface area contributed by atoms with E-state index < -0.39 is 0 Å². The molecule has 1 spiro atoms. The molecule has 0 unspecified atom stereocenters. The van der Waals surface area contributed by atoms with E-state index in [1.54, 1.807) is 17.4 Å². The smallest absolute Gasteiger partial charge is 0.187 e. The van der Waals surface area contributed by atoms with Crippen molar-refractivity contribution >= 4 is 45.1 Å². The molecular weight excluding hydrogens is 536 g/mol. The van der Waals surface area contributed by atoms with Crippen molar-refractivity contribution in [3.8, 4) is 16.2 Å². The van der Waals surface area contributed by atoms with Crippen molar-refractivity contribution in [3.63, 3.8) is 0 Å². The summed E-state index contributed by atoms with van der Waals surface area (Å²) in [5.74, 6) is 0.277. The summed E-state index contributed by atoms with van der Waals surface area (Å²) >= 11 is 8.55. The molecule has 1 fully saturated rings. The van der Waals surface area contributed by atoms with Crippen LogP contribution in [0, 0.1) is 5.41 Å². The van der Waals surface area contributed by atoms with Crippen molar-refractivity contribution in [2.45, 2.75) is 46.5 Å². The molecule has 2 aliphatic heterocycles. The standard InChI is InChI=1S/C32H35ClN4OS.CH4/c1-31(2,3)20-36-17-15-32(16-18-36)21-37(29-26(38)14-13-23(33)28(29)32)25-12-8-7-11-24(25)35-30-34-19-27(39-30)22-9-5-4-6-10-22;/h4-14,19,38H,15-18,20-21H2,1-3H3,(H,34,35);1H4. The topological polar surface area (TPSA) is 51.6 Å². The Bertz CT molecular complexity index is 1470. The van der Waals surface area contributed by atoms with E-state index in [4.69, 9.17) is 11.6 Å². The fourth-order valence-electron chi connectivity index (χ4n) is 6.22. The number of hydrogen-bond donors (Lipinski definition) is 2. The number of nitrogens with zero attached hydrogens (tertiary/aromatic N) is 3. The Kier molecular flexibility index (Phi) is 7.88. The summed E-state index contributed by atoms with van der Waals surface area (Å²) in [6.07, 6.45) is 3.94. The lowest BCUT2D eigenvalue weighted by atomic mass is 9.74. The number of hydrogen-bond acceptors (Lipinski definition) is 6. The number of phenols is 1. The molecule has 40 heavy (non-hydrogen) atoms. The maximum atomic E-state index is 11.2. The average Bonchev–Trinajstić information content (AvgIpc) is 3.52. The fourth-order valence-corrected chi connectivity index (χ4v) is 7.40. The molecule has 0 bridgehead atoms. The van der Waals surface area contributed by atoms with Crippen LogP contribution in [-0.4, -0.2) is 41.2 Å². The molecule has 2 aliphatic rings. The highest BCUT2D eigenvalue weighted by Gasteiger charge is 2.48. The normalized spacial score (nSPS) is 16.6. The van der Waals surface area contributed by atoms with E-state index in [1.807, 2.05) is 36.5 Å². The van der Waals surface area contributed by atoms with Gasteiger partial charge in [0.2, 0.25) is 0 Å². The predicted molar refractivity (Wildman–Crippen MR) is 171 cm³/mol. The number of para-hydroxylation sites is 2. The lowest BCUT2D eigenvalue weighted by molar-refractivity contribution is 0.125. The maximum Gasteiger partial charge on any atom is 0.187 e. The number of thiazole rings is 1. The van der Waals surface area contributed by atoms with Crippen LogP contribution in [0.25, 0.3) is 10.4 Å². The first kappa shape index (κ1) is 28.5. The second-order valence-electron chi connectivity index (χ2n) is 12.0.